The quantitative estimate of drug-likeness (QED) is 0.0234. The molecule has 0 aromatic carbocycles. The Morgan fingerprint density at radius 3 is 1.17 bits per heavy atom. The number of likely N-dealkylation sites (tertiary alicyclic amines) is 2. The van der Waals surface area contributed by atoms with Gasteiger partial charge in [0.25, 0.3) is 0 Å². The van der Waals surface area contributed by atoms with Crippen molar-refractivity contribution in [3.8, 4) is 80.1 Å². The lowest BCUT2D eigenvalue weighted by Crippen LogP contribution is -2.41. The molecule has 678 valence electrons. The van der Waals surface area contributed by atoms with Crippen LogP contribution in [0.5, 0.6) is 0 Å². The van der Waals surface area contributed by atoms with Crippen LogP contribution in [0.2, 0.25) is 5.15 Å². The molecule has 11 N–H and O–H groups in total. The topological polar surface area (TPSA) is 538 Å². The molecule has 3 aliphatic heterocycles. The summed E-state index contributed by atoms with van der Waals surface area (Å²) >= 11 is 5.86. The van der Waals surface area contributed by atoms with E-state index in [0.717, 1.165) is 107 Å². The maximum absolute atomic E-state index is 13.1. The summed E-state index contributed by atoms with van der Waals surface area (Å²) in [4.78, 5) is 103. The minimum absolute atomic E-state index is 0.0398. The molecule has 3 fully saturated rings. The van der Waals surface area contributed by atoms with Crippen LogP contribution in [-0.4, -0.2) is 215 Å². The van der Waals surface area contributed by atoms with Gasteiger partial charge in [-0.2, -0.15) is 20.4 Å². The van der Waals surface area contributed by atoms with E-state index in [4.69, 9.17) is 77.0 Å². The number of oxazole rings is 4. The molecule has 0 amide bonds. The van der Waals surface area contributed by atoms with Gasteiger partial charge >= 0.3 is 25.0 Å². The number of anilines is 4. The Morgan fingerprint density at radius 2 is 0.817 bits per heavy atom. The summed E-state index contributed by atoms with van der Waals surface area (Å²) in [5.41, 5.74) is 42.1. The van der Waals surface area contributed by atoms with Crippen molar-refractivity contribution in [2.45, 2.75) is 143 Å². The Balaban J connectivity index is 0.000000131. The molecule has 0 spiro atoms. The summed E-state index contributed by atoms with van der Waals surface area (Å²) in [7, 11) is 6.40. The number of ether oxygens (including phenoxy) is 2. The van der Waals surface area contributed by atoms with Crippen LogP contribution in [-0.2, 0) is 44.5 Å². The van der Waals surface area contributed by atoms with Gasteiger partial charge in [0, 0.05) is 66.5 Å². The fourth-order valence-corrected chi connectivity index (χ4v) is 15.2. The van der Waals surface area contributed by atoms with Crippen LogP contribution in [0.1, 0.15) is 158 Å². The molecule has 19 heterocycles. The van der Waals surface area contributed by atoms with Gasteiger partial charge in [0.2, 0.25) is 23.6 Å². The number of carbonyl (C=O) groups excluding carboxylic acids is 3. The molecule has 16 aromatic heterocycles. The average Bonchev–Trinajstić information content (AvgIpc) is 1.51. The van der Waals surface area contributed by atoms with Crippen molar-refractivity contribution in [1.29, 1.82) is 0 Å². The first-order chi connectivity index (χ1) is 63.1. The number of methoxy groups -OCH3 is 2. The number of fused-ring (bicyclic) bond motifs is 4. The normalized spacial score (nSPS) is 15.1. The second-order valence-corrected chi connectivity index (χ2v) is 32.0. The number of carboxylic acid groups (broad SMARTS) is 1. The first kappa shape index (κ1) is 92.5. The van der Waals surface area contributed by atoms with E-state index in [0.29, 0.717) is 58.4 Å². The first-order valence-electron chi connectivity index (χ1n) is 42.3. The largest absolute Gasteiger partial charge is 0.494 e. The van der Waals surface area contributed by atoms with E-state index in [1.807, 2.05) is 89.5 Å². The van der Waals surface area contributed by atoms with E-state index in [2.05, 4.69) is 158 Å². The Morgan fingerprint density at radius 1 is 0.473 bits per heavy atom. The highest BCUT2D eigenvalue weighted by molar-refractivity contribution is 6.62. The number of carboxylic acids is 1. The van der Waals surface area contributed by atoms with E-state index >= 15 is 0 Å². The van der Waals surface area contributed by atoms with Crippen LogP contribution in [0.15, 0.2) is 166 Å². The summed E-state index contributed by atoms with van der Waals surface area (Å²) in [6, 6.07) is 16.5. The fraction of sp³-hybridized carbons (Fsp3) is 0.326. The maximum atomic E-state index is 13.1. The number of likely N-dealkylation sites (N-methyl/N-ethyl adjacent to an activating group) is 1. The van der Waals surface area contributed by atoms with Crippen molar-refractivity contribution in [2.24, 2.45) is 5.73 Å². The Bertz CT molecular complexity index is 6720. The van der Waals surface area contributed by atoms with Crippen LogP contribution in [0, 0.1) is 0 Å². The third kappa shape index (κ3) is 20.1. The smallest absolute Gasteiger partial charge is 0.476 e. The number of rotatable bonds is 20. The number of nitrogens with two attached hydrogens (primary N) is 5. The molecule has 0 bridgehead atoms. The Labute approximate surface area is 755 Å². The number of carbonyl (C=O) groups is 4. The van der Waals surface area contributed by atoms with Gasteiger partial charge in [0.05, 0.1) is 97.1 Å². The Hall–Kier alpha value is -14.6. The van der Waals surface area contributed by atoms with Crippen molar-refractivity contribution >= 4 is 93.2 Å². The van der Waals surface area contributed by atoms with E-state index < -0.39 is 17.9 Å². The van der Waals surface area contributed by atoms with Gasteiger partial charge < -0.3 is 80.0 Å². The lowest BCUT2D eigenvalue weighted by atomic mass is 9.79. The fourth-order valence-electron chi connectivity index (χ4n) is 15.0. The molecular formula is C89H99BClN27O13. The van der Waals surface area contributed by atoms with Gasteiger partial charge in [-0.05, 0) is 189 Å². The van der Waals surface area contributed by atoms with Crippen LogP contribution in [0.4, 0.5) is 23.3 Å². The predicted octanol–water partition coefficient (Wildman–Crippen LogP) is 11.7. The number of aromatic nitrogens is 20. The van der Waals surface area contributed by atoms with Gasteiger partial charge in [-0.15, -0.1) is 0 Å². The molecule has 0 radical (unpaired) electrons. The van der Waals surface area contributed by atoms with Crippen molar-refractivity contribution in [1.82, 2.24) is 108 Å². The SMILES string of the molecule is CCc1cnn2ccc(-c3nc(C(=O)CC[C@H]4CCCN4C)c(N)nc3-c3ncco3)cc12.CCc1cnn2ccc(-c3nc(C(=O)O)c(N)nc3-c3ncco3)cc12.CCc1cnn2ccc(-c3nc(C(=O)OC)c(N)nc3-c3ncco3)cc12.CCc1cnn2ccc(B3OC(C)(C)C(C)(C)O3)cc12.CN1CCC[C@@H]1CN.COC(=O)c1nc(Cl)c(-c2ncco2)nc1N. The van der Waals surface area contributed by atoms with Gasteiger partial charge in [0.1, 0.15) is 47.8 Å². The number of nitrogen functional groups attached to an aromatic ring is 4. The number of nitrogens with zero attached hydrogens (tertiary/aromatic N) is 22. The van der Waals surface area contributed by atoms with Crippen molar-refractivity contribution in [3.63, 3.8) is 0 Å². The molecule has 16 aromatic rings. The van der Waals surface area contributed by atoms with E-state index in [1.54, 1.807) is 33.7 Å². The standard InChI is InChI=1S/C24H27N7O2.C18H16N6O3.C17H14N6O3.C15H21BN2O2.C9H7ClN4O3.C6H14N2/c1-3-15-14-27-31-11-8-16(13-18(15)31)20-22(24-26-9-12-33-24)29-23(25)21(28-20)19(32)7-6-17-5-4-10-30(17)2;1-3-10-9-21-24-6-4-11(8-12(10)24)13-14(17-20-5-7-27-17)23-16(19)15(22-13)18(25)26-2;1-2-9-8-20-23-5-3-10(7-11(9)23)12-13(16-19-4-6-26-16)22-15(18)14(21-12)17(24)25;1-6-11-10-17-18-8-7-12(9-13(11)18)16-19-14(2,3)15(4,5)20-16;1-16-9(15)5-7(11)14-4(6(10)13-5)8-12-2-3-17-8;1-8-4-2-3-6(8)5-7/h8-9,11-14,17H,3-7,10H2,1-2H3,(H2,25,29);4-9H,3H2,1-2H3,(H2,19,23);3-8H,2H2,1H3,(H2,18,22)(H,24,25);7-10H,6H2,1-5H3;2-3H,1H3,(H2,11,14);6H,2-5,7H2,1H3/t17-;;;;;6-/m1....1/s1. The average molecular weight is 1800 g/mol. The first-order valence-corrected chi connectivity index (χ1v) is 42.6. The monoisotopic (exact) mass is 1800 g/mol. The number of pyridine rings is 4. The highest BCUT2D eigenvalue weighted by Gasteiger charge is 2.52. The molecule has 2 atom stereocenters. The number of Topliss-reactive ketones (excluding diaryl/α,β-unsaturated/α-hetero) is 1. The number of aromatic carboxylic acids is 1. The van der Waals surface area contributed by atoms with Crippen molar-refractivity contribution < 1.29 is 60.7 Å². The molecule has 42 heteroatoms. The van der Waals surface area contributed by atoms with Gasteiger partial charge in [-0.3, -0.25) is 4.79 Å². The zero-order valence-electron chi connectivity index (χ0n) is 74.2. The summed E-state index contributed by atoms with van der Waals surface area (Å²) in [5, 5.41) is 26.7. The second kappa shape index (κ2) is 40.3. The maximum Gasteiger partial charge on any atom is 0.494 e. The second-order valence-electron chi connectivity index (χ2n) is 31.7. The van der Waals surface area contributed by atoms with E-state index in [1.165, 1.54) is 89.2 Å². The predicted molar refractivity (Wildman–Crippen MR) is 487 cm³/mol. The van der Waals surface area contributed by atoms with Crippen LogP contribution >= 0.6 is 11.6 Å². The summed E-state index contributed by atoms with van der Waals surface area (Å²) in [6.45, 7) is 19.7. The number of hydrogen-bond donors (Lipinski definition) is 6. The van der Waals surface area contributed by atoms with E-state index in [9.17, 15) is 24.3 Å². The lowest BCUT2D eigenvalue weighted by Gasteiger charge is -2.32. The highest BCUT2D eigenvalue weighted by Crippen LogP contribution is 2.39. The minimum Gasteiger partial charge on any atom is -0.476 e. The van der Waals surface area contributed by atoms with Crippen LogP contribution < -0.4 is 34.1 Å². The molecule has 0 unspecified atom stereocenters. The molecule has 3 aliphatic rings. The number of hydrogen-bond acceptors (Lipinski definition) is 35. The van der Waals surface area contributed by atoms with Crippen molar-refractivity contribution in [3.05, 3.63) is 198 Å². The summed E-state index contributed by atoms with van der Waals surface area (Å²) in [6.07, 6.45) is 36.0. The summed E-state index contributed by atoms with van der Waals surface area (Å²) in [5.74, 6) is -2.06. The molecule has 131 heavy (non-hydrogen) atoms. The number of ketones is 1. The molecule has 3 saturated heterocycles. The molecule has 19 rings (SSSR count). The molecule has 0 aliphatic carbocycles. The van der Waals surface area contributed by atoms with Gasteiger partial charge in [-0.1, -0.05) is 39.3 Å². The number of aryl methyl sites for hydroxylation is 4. The molecular weight excluding hydrogens is 1700 g/mol. The molecule has 40 nitrogen and oxygen atoms in total. The third-order valence-corrected chi connectivity index (χ3v) is 23.3. The zero-order valence-corrected chi connectivity index (χ0v) is 75.0. The van der Waals surface area contributed by atoms with E-state index in [-0.39, 0.29) is 104 Å². The lowest BCUT2D eigenvalue weighted by molar-refractivity contribution is 0.00578. The van der Waals surface area contributed by atoms with Crippen LogP contribution in [0.25, 0.3) is 102 Å². The molecule has 0 saturated carbocycles. The number of halogens is 1. The zero-order chi connectivity index (χ0) is 93.1. The third-order valence-electron chi connectivity index (χ3n) is 23.0. The summed E-state index contributed by atoms with van der Waals surface area (Å²) < 4.78 is 49.9. The number of esters is 2. The Kier molecular flexibility index (Phi) is 28.5. The van der Waals surface area contributed by atoms with Gasteiger partial charge in [-0.25, -0.2) is 92.3 Å². The minimum atomic E-state index is -1.25. The van der Waals surface area contributed by atoms with Crippen LogP contribution in [0.3, 0.4) is 0 Å². The van der Waals surface area contributed by atoms with Gasteiger partial charge in [0.15, 0.2) is 74.1 Å². The highest BCUT2D eigenvalue weighted by atomic mass is 35.5. The van der Waals surface area contributed by atoms with Crippen molar-refractivity contribution in [2.75, 3.05) is 70.9 Å².